The fourth-order valence-corrected chi connectivity index (χ4v) is 5.09. The van der Waals surface area contributed by atoms with Crippen molar-refractivity contribution in [3.63, 3.8) is 0 Å². The molecule has 0 amide bonds. The number of piperidine rings is 1. The molecule has 6 nitrogen and oxygen atoms in total. The number of carbonyl (C=O) groups is 1. The van der Waals surface area contributed by atoms with Crippen molar-refractivity contribution in [3.8, 4) is 5.75 Å². The Morgan fingerprint density at radius 1 is 1.38 bits per heavy atom. The predicted octanol–water partition coefficient (Wildman–Crippen LogP) is 2.44. The quantitative estimate of drug-likeness (QED) is 0.815. The highest BCUT2D eigenvalue weighted by atomic mass is 79.9. The second kappa shape index (κ2) is 6.12. The Morgan fingerprint density at radius 3 is 2.67 bits per heavy atom. The summed E-state index contributed by atoms with van der Waals surface area (Å²) < 4.78 is 26.4. The van der Waals surface area contributed by atoms with E-state index in [-0.39, 0.29) is 22.5 Å². The van der Waals surface area contributed by atoms with Crippen LogP contribution in [0.4, 0.5) is 0 Å². The van der Waals surface area contributed by atoms with E-state index in [0.717, 1.165) is 10.4 Å². The Kier molecular flexibility index (Phi) is 4.82. The van der Waals surface area contributed by atoms with Crippen LogP contribution < -0.4 is 0 Å². The van der Waals surface area contributed by atoms with E-state index in [2.05, 4.69) is 15.9 Å². The number of rotatable bonds is 3. The van der Waals surface area contributed by atoms with Gasteiger partial charge in [-0.05, 0) is 47.3 Å². The number of sulfonamides is 1. The van der Waals surface area contributed by atoms with E-state index < -0.39 is 32.7 Å². The summed E-state index contributed by atoms with van der Waals surface area (Å²) in [5.74, 6) is -1.67. The van der Waals surface area contributed by atoms with Crippen LogP contribution in [0.25, 0.3) is 0 Å². The van der Waals surface area contributed by atoms with E-state index in [1.807, 2.05) is 0 Å². The first-order valence-electron chi connectivity index (χ1n) is 6.18. The van der Waals surface area contributed by atoms with Crippen molar-refractivity contribution in [2.75, 3.05) is 6.54 Å². The predicted molar refractivity (Wildman–Crippen MR) is 80.0 cm³/mol. The Morgan fingerprint density at radius 2 is 2.05 bits per heavy atom. The van der Waals surface area contributed by atoms with Crippen LogP contribution in [0.5, 0.6) is 5.75 Å². The molecule has 1 aliphatic rings. The standard InChI is InChI=1S/C12H13BrClNO5S/c13-8-5-7(14)6-10(11(8)16)21(19,20)15-4-2-1-3-9(15)12(17)18/h5-6,9,16H,1-4H2,(H,17,18)/t9-/m1/s1. The van der Waals surface area contributed by atoms with Crippen molar-refractivity contribution in [1.82, 2.24) is 4.31 Å². The van der Waals surface area contributed by atoms with Crippen molar-refractivity contribution < 1.29 is 23.4 Å². The fourth-order valence-electron chi connectivity index (χ4n) is 2.30. The maximum absolute atomic E-state index is 12.7. The smallest absolute Gasteiger partial charge is 0.322 e. The molecular formula is C12H13BrClNO5S. The summed E-state index contributed by atoms with van der Waals surface area (Å²) >= 11 is 8.85. The normalized spacial score (nSPS) is 20.4. The lowest BCUT2D eigenvalue weighted by atomic mass is 10.1. The van der Waals surface area contributed by atoms with E-state index in [1.165, 1.54) is 6.07 Å². The highest BCUT2D eigenvalue weighted by Crippen LogP contribution is 2.37. The third kappa shape index (κ3) is 3.18. The van der Waals surface area contributed by atoms with Crippen LogP contribution in [0.1, 0.15) is 19.3 Å². The maximum Gasteiger partial charge on any atom is 0.322 e. The Balaban J connectivity index is 2.53. The van der Waals surface area contributed by atoms with Gasteiger partial charge in [-0.25, -0.2) is 8.42 Å². The van der Waals surface area contributed by atoms with Gasteiger partial charge in [-0.1, -0.05) is 11.6 Å². The molecule has 0 saturated carbocycles. The van der Waals surface area contributed by atoms with Gasteiger partial charge < -0.3 is 10.2 Å². The molecule has 0 aromatic heterocycles. The number of benzene rings is 1. The molecule has 0 radical (unpaired) electrons. The first-order chi connectivity index (χ1) is 9.75. The van der Waals surface area contributed by atoms with Crippen LogP contribution in [0.2, 0.25) is 5.02 Å². The molecule has 0 unspecified atom stereocenters. The summed E-state index contributed by atoms with van der Waals surface area (Å²) in [7, 11) is -4.14. The molecule has 0 spiro atoms. The monoisotopic (exact) mass is 397 g/mol. The van der Waals surface area contributed by atoms with E-state index in [9.17, 15) is 23.4 Å². The zero-order chi connectivity index (χ0) is 15.8. The summed E-state index contributed by atoms with van der Waals surface area (Å²) in [6.45, 7) is 0.100. The molecule has 1 heterocycles. The molecule has 0 bridgehead atoms. The first kappa shape index (κ1) is 16.5. The van der Waals surface area contributed by atoms with Gasteiger partial charge in [0.2, 0.25) is 10.0 Å². The number of hydrogen-bond donors (Lipinski definition) is 2. The van der Waals surface area contributed by atoms with Crippen molar-refractivity contribution >= 4 is 43.5 Å². The molecule has 1 aromatic carbocycles. The number of aliphatic carboxylic acids is 1. The summed E-state index contributed by atoms with van der Waals surface area (Å²) in [4.78, 5) is 10.9. The van der Waals surface area contributed by atoms with Gasteiger partial charge >= 0.3 is 5.97 Å². The summed E-state index contributed by atoms with van der Waals surface area (Å²) in [5, 5.41) is 19.3. The molecule has 116 valence electrons. The number of phenolic OH excluding ortho intramolecular Hbond substituents is 1. The minimum Gasteiger partial charge on any atom is -0.505 e. The van der Waals surface area contributed by atoms with Gasteiger partial charge in [-0.2, -0.15) is 4.31 Å². The maximum atomic E-state index is 12.7. The van der Waals surface area contributed by atoms with Gasteiger partial charge in [0, 0.05) is 11.6 Å². The molecule has 21 heavy (non-hydrogen) atoms. The summed E-state index contributed by atoms with van der Waals surface area (Å²) in [5.41, 5.74) is 0. The Labute approximate surface area is 135 Å². The molecule has 0 aliphatic carbocycles. The molecule has 1 fully saturated rings. The number of aromatic hydroxyl groups is 1. The number of phenols is 1. The number of carboxylic acids is 1. The SMILES string of the molecule is O=C(O)[C@H]1CCCCN1S(=O)(=O)c1cc(Cl)cc(Br)c1O. The fraction of sp³-hybridized carbons (Fsp3) is 0.417. The topological polar surface area (TPSA) is 94.9 Å². The van der Waals surface area contributed by atoms with Crippen LogP contribution in [0, 0.1) is 0 Å². The molecule has 2 N–H and O–H groups in total. The van der Waals surface area contributed by atoms with Crippen molar-refractivity contribution in [2.45, 2.75) is 30.2 Å². The number of halogens is 2. The van der Waals surface area contributed by atoms with Crippen LogP contribution >= 0.6 is 27.5 Å². The molecule has 1 saturated heterocycles. The van der Waals surface area contributed by atoms with Gasteiger partial charge in [0.25, 0.3) is 0 Å². The van der Waals surface area contributed by atoms with E-state index in [4.69, 9.17) is 11.6 Å². The zero-order valence-electron chi connectivity index (χ0n) is 10.8. The van der Waals surface area contributed by atoms with E-state index in [1.54, 1.807) is 0 Å². The van der Waals surface area contributed by atoms with E-state index in [0.29, 0.717) is 12.8 Å². The second-order valence-electron chi connectivity index (χ2n) is 4.70. The molecule has 1 aromatic rings. The highest BCUT2D eigenvalue weighted by molar-refractivity contribution is 9.10. The van der Waals surface area contributed by atoms with Crippen LogP contribution in [-0.2, 0) is 14.8 Å². The molecular weight excluding hydrogens is 386 g/mol. The summed E-state index contributed by atoms with van der Waals surface area (Å²) in [6, 6.07) is 1.35. The third-order valence-electron chi connectivity index (χ3n) is 3.32. The number of hydrogen-bond acceptors (Lipinski definition) is 4. The highest BCUT2D eigenvalue weighted by Gasteiger charge is 2.39. The zero-order valence-corrected chi connectivity index (χ0v) is 13.9. The molecule has 9 heteroatoms. The minimum atomic E-state index is -4.14. The van der Waals surface area contributed by atoms with Crippen LogP contribution in [0.15, 0.2) is 21.5 Å². The molecule has 2 rings (SSSR count). The lowest BCUT2D eigenvalue weighted by molar-refractivity contribution is -0.142. The van der Waals surface area contributed by atoms with Crippen molar-refractivity contribution in [3.05, 3.63) is 21.6 Å². The van der Waals surface area contributed by atoms with Gasteiger partial charge in [-0.3, -0.25) is 4.79 Å². The minimum absolute atomic E-state index is 0.100. The Bertz CT molecular complexity index is 678. The van der Waals surface area contributed by atoms with Gasteiger partial charge in [0.15, 0.2) is 0 Å². The van der Waals surface area contributed by atoms with Crippen molar-refractivity contribution in [2.24, 2.45) is 0 Å². The molecule has 1 atom stereocenters. The number of carboxylic acid groups (broad SMARTS) is 1. The summed E-state index contributed by atoms with van der Waals surface area (Å²) in [6.07, 6.45) is 1.47. The van der Waals surface area contributed by atoms with Gasteiger partial charge in [0.05, 0.1) is 4.47 Å². The number of nitrogens with zero attached hydrogens (tertiary/aromatic N) is 1. The van der Waals surface area contributed by atoms with Gasteiger partial charge in [0.1, 0.15) is 16.7 Å². The lowest BCUT2D eigenvalue weighted by Crippen LogP contribution is -2.47. The average Bonchev–Trinajstić information content (AvgIpc) is 2.42. The first-order valence-corrected chi connectivity index (χ1v) is 8.79. The van der Waals surface area contributed by atoms with Crippen LogP contribution in [-0.4, -0.2) is 41.5 Å². The third-order valence-corrected chi connectivity index (χ3v) is 6.06. The largest absolute Gasteiger partial charge is 0.505 e. The lowest BCUT2D eigenvalue weighted by Gasteiger charge is -2.32. The van der Waals surface area contributed by atoms with E-state index >= 15 is 0 Å². The Hall–Kier alpha value is -0.830. The second-order valence-corrected chi connectivity index (χ2v) is 7.85. The van der Waals surface area contributed by atoms with Gasteiger partial charge in [-0.15, -0.1) is 0 Å². The average molecular weight is 399 g/mol. The van der Waals surface area contributed by atoms with Crippen molar-refractivity contribution in [1.29, 1.82) is 0 Å². The molecule has 1 aliphatic heterocycles. The van der Waals surface area contributed by atoms with Crippen LogP contribution in [0.3, 0.4) is 0 Å².